The second-order valence-electron chi connectivity index (χ2n) is 6.62. The van der Waals surface area contributed by atoms with E-state index < -0.39 is 4.92 Å². The number of fused-ring (bicyclic) bond motifs is 1. The smallest absolute Gasteiger partial charge is 0.293 e. The van der Waals surface area contributed by atoms with Crippen molar-refractivity contribution in [2.24, 2.45) is 0 Å². The number of halogens is 1. The summed E-state index contributed by atoms with van der Waals surface area (Å²) in [5, 5.41) is 17.3. The SMILES string of the molecule is CC(C)NC(=O)c1ccc(NCc2cc(Br)cc3c2OCC3)c([N+](=O)[O-])c1. The molecule has 1 aliphatic rings. The van der Waals surface area contributed by atoms with Gasteiger partial charge in [0.25, 0.3) is 11.6 Å². The Bertz CT molecular complexity index is 899. The lowest BCUT2D eigenvalue weighted by Crippen LogP contribution is -2.30. The Labute approximate surface area is 165 Å². The van der Waals surface area contributed by atoms with Gasteiger partial charge in [-0.25, -0.2) is 0 Å². The Kier molecular flexibility index (Phi) is 5.65. The van der Waals surface area contributed by atoms with Crippen molar-refractivity contribution in [3.05, 3.63) is 61.6 Å². The molecule has 0 bridgehead atoms. The van der Waals surface area contributed by atoms with E-state index in [4.69, 9.17) is 4.74 Å². The molecule has 0 aliphatic carbocycles. The summed E-state index contributed by atoms with van der Waals surface area (Å²) in [4.78, 5) is 23.1. The molecule has 2 aromatic carbocycles. The number of nitrogens with one attached hydrogen (secondary N) is 2. The first-order chi connectivity index (χ1) is 12.8. The van der Waals surface area contributed by atoms with Gasteiger partial charge in [0.2, 0.25) is 0 Å². The Balaban J connectivity index is 1.83. The topological polar surface area (TPSA) is 93.5 Å². The number of carbonyl (C=O) groups is 1. The summed E-state index contributed by atoms with van der Waals surface area (Å²) in [6.45, 7) is 4.68. The van der Waals surface area contributed by atoms with Crippen LogP contribution in [0, 0.1) is 10.1 Å². The molecule has 0 atom stereocenters. The predicted molar refractivity (Wildman–Crippen MR) is 106 cm³/mol. The lowest BCUT2D eigenvalue weighted by Gasteiger charge is -2.13. The molecule has 0 unspecified atom stereocenters. The molecule has 27 heavy (non-hydrogen) atoms. The van der Waals surface area contributed by atoms with Gasteiger partial charge in [-0.3, -0.25) is 14.9 Å². The van der Waals surface area contributed by atoms with Crippen molar-refractivity contribution in [2.45, 2.75) is 32.9 Å². The number of carbonyl (C=O) groups excluding carboxylic acids is 1. The molecule has 1 aliphatic heterocycles. The summed E-state index contributed by atoms with van der Waals surface area (Å²) >= 11 is 3.49. The van der Waals surface area contributed by atoms with Crippen LogP contribution in [0.2, 0.25) is 0 Å². The van der Waals surface area contributed by atoms with E-state index in [1.54, 1.807) is 12.1 Å². The van der Waals surface area contributed by atoms with Crippen LogP contribution in [0.4, 0.5) is 11.4 Å². The van der Waals surface area contributed by atoms with Crippen molar-refractivity contribution >= 4 is 33.2 Å². The van der Waals surface area contributed by atoms with Crippen molar-refractivity contribution in [3.8, 4) is 5.75 Å². The van der Waals surface area contributed by atoms with Crippen LogP contribution >= 0.6 is 15.9 Å². The molecule has 0 saturated carbocycles. The zero-order valence-corrected chi connectivity index (χ0v) is 16.6. The van der Waals surface area contributed by atoms with Gasteiger partial charge < -0.3 is 15.4 Å². The number of ether oxygens (including phenoxy) is 1. The molecular formula is C19H20BrN3O4. The number of nitro benzene ring substituents is 1. The maximum atomic E-state index is 12.1. The molecule has 2 aromatic rings. The highest BCUT2D eigenvalue weighted by atomic mass is 79.9. The van der Waals surface area contributed by atoms with Crippen molar-refractivity contribution < 1.29 is 14.5 Å². The average molecular weight is 434 g/mol. The van der Waals surface area contributed by atoms with Crippen molar-refractivity contribution in [2.75, 3.05) is 11.9 Å². The summed E-state index contributed by atoms with van der Waals surface area (Å²) in [6, 6.07) is 8.35. The summed E-state index contributed by atoms with van der Waals surface area (Å²) in [5.74, 6) is 0.499. The third-order valence-corrected chi connectivity index (χ3v) is 4.63. The highest BCUT2D eigenvalue weighted by Gasteiger charge is 2.20. The van der Waals surface area contributed by atoms with Crippen LogP contribution in [0.5, 0.6) is 5.75 Å². The first kappa shape index (κ1) is 19.2. The van der Waals surface area contributed by atoms with Gasteiger partial charge in [-0.2, -0.15) is 0 Å². The van der Waals surface area contributed by atoms with E-state index in [0.29, 0.717) is 18.8 Å². The fourth-order valence-corrected chi connectivity index (χ4v) is 3.54. The van der Waals surface area contributed by atoms with E-state index in [0.717, 1.165) is 27.8 Å². The first-order valence-corrected chi connectivity index (χ1v) is 9.41. The molecule has 0 saturated heterocycles. The van der Waals surface area contributed by atoms with Gasteiger partial charge in [-0.1, -0.05) is 15.9 Å². The molecule has 0 radical (unpaired) electrons. The molecule has 0 aromatic heterocycles. The van der Waals surface area contributed by atoms with Crippen LogP contribution in [0.1, 0.15) is 35.3 Å². The zero-order chi connectivity index (χ0) is 19.6. The molecule has 7 nitrogen and oxygen atoms in total. The van der Waals surface area contributed by atoms with E-state index in [9.17, 15) is 14.9 Å². The minimum atomic E-state index is -0.490. The number of hydrogen-bond donors (Lipinski definition) is 2. The predicted octanol–water partition coefficient (Wildman–Crippen LogP) is 4.04. The highest BCUT2D eigenvalue weighted by Crippen LogP contribution is 2.34. The van der Waals surface area contributed by atoms with Crippen LogP contribution in [0.3, 0.4) is 0 Å². The van der Waals surface area contributed by atoms with Crippen LogP contribution in [-0.2, 0) is 13.0 Å². The average Bonchev–Trinajstić information content (AvgIpc) is 3.07. The van der Waals surface area contributed by atoms with Gasteiger partial charge in [0.15, 0.2) is 0 Å². The number of amides is 1. The minimum Gasteiger partial charge on any atom is -0.493 e. The third-order valence-electron chi connectivity index (χ3n) is 4.17. The number of anilines is 1. The number of hydrogen-bond acceptors (Lipinski definition) is 5. The van der Waals surface area contributed by atoms with Crippen molar-refractivity contribution in [3.63, 3.8) is 0 Å². The molecule has 142 valence electrons. The molecular weight excluding hydrogens is 414 g/mol. The van der Waals surface area contributed by atoms with Gasteiger partial charge >= 0.3 is 0 Å². The number of rotatable bonds is 6. The Hall–Kier alpha value is -2.61. The minimum absolute atomic E-state index is 0.0482. The molecule has 1 heterocycles. The Morgan fingerprint density at radius 2 is 2.11 bits per heavy atom. The van der Waals surface area contributed by atoms with Gasteiger partial charge in [0.05, 0.1) is 11.5 Å². The fourth-order valence-electron chi connectivity index (χ4n) is 2.99. The fraction of sp³-hybridized carbons (Fsp3) is 0.316. The monoisotopic (exact) mass is 433 g/mol. The summed E-state index contributed by atoms with van der Waals surface area (Å²) < 4.78 is 6.63. The van der Waals surface area contributed by atoms with Gasteiger partial charge in [0, 0.05) is 40.7 Å². The van der Waals surface area contributed by atoms with Gasteiger partial charge in [-0.05, 0) is 43.7 Å². The quantitative estimate of drug-likeness (QED) is 0.529. The second-order valence-corrected chi connectivity index (χ2v) is 7.54. The standard InChI is InChI=1S/C19H20BrN3O4/c1-11(2)22-19(24)13-3-4-16(17(9-13)23(25)26)21-10-14-8-15(20)7-12-5-6-27-18(12)14/h3-4,7-9,11,21H,5-6,10H2,1-2H3,(H,22,24). The third kappa shape index (κ3) is 4.39. The number of nitrogens with zero attached hydrogens (tertiary/aromatic N) is 1. The lowest BCUT2D eigenvalue weighted by molar-refractivity contribution is -0.384. The van der Waals surface area contributed by atoms with E-state index in [1.165, 1.54) is 6.07 Å². The number of benzene rings is 2. The van der Waals surface area contributed by atoms with E-state index >= 15 is 0 Å². The van der Waals surface area contributed by atoms with Crippen LogP contribution < -0.4 is 15.4 Å². The van der Waals surface area contributed by atoms with Crippen LogP contribution in [0.25, 0.3) is 0 Å². The largest absolute Gasteiger partial charge is 0.493 e. The van der Waals surface area contributed by atoms with Crippen molar-refractivity contribution in [1.29, 1.82) is 0 Å². The van der Waals surface area contributed by atoms with Gasteiger partial charge in [0.1, 0.15) is 11.4 Å². The molecule has 0 spiro atoms. The first-order valence-electron chi connectivity index (χ1n) is 8.62. The summed E-state index contributed by atoms with van der Waals surface area (Å²) in [5.41, 5.74) is 2.52. The maximum Gasteiger partial charge on any atom is 0.293 e. The van der Waals surface area contributed by atoms with Crippen LogP contribution in [0.15, 0.2) is 34.8 Å². The summed E-state index contributed by atoms with van der Waals surface area (Å²) in [6.07, 6.45) is 0.849. The molecule has 2 N–H and O–H groups in total. The highest BCUT2D eigenvalue weighted by molar-refractivity contribution is 9.10. The molecule has 1 amide bonds. The Morgan fingerprint density at radius 1 is 1.33 bits per heavy atom. The van der Waals surface area contributed by atoms with Crippen LogP contribution in [-0.4, -0.2) is 23.5 Å². The zero-order valence-electron chi connectivity index (χ0n) is 15.0. The van der Waals surface area contributed by atoms with E-state index in [1.807, 2.05) is 26.0 Å². The molecule has 3 rings (SSSR count). The van der Waals surface area contributed by atoms with E-state index in [-0.39, 0.29) is 23.2 Å². The molecule has 0 fully saturated rings. The van der Waals surface area contributed by atoms with Crippen molar-refractivity contribution in [1.82, 2.24) is 5.32 Å². The van der Waals surface area contributed by atoms with Gasteiger partial charge in [-0.15, -0.1) is 0 Å². The summed E-state index contributed by atoms with van der Waals surface area (Å²) in [7, 11) is 0. The second kappa shape index (κ2) is 7.96. The molecule has 8 heteroatoms. The Morgan fingerprint density at radius 3 is 2.81 bits per heavy atom. The normalized spacial score (nSPS) is 12.4. The maximum absolute atomic E-state index is 12.1. The lowest BCUT2D eigenvalue weighted by atomic mass is 10.1. The number of nitro groups is 1. The van der Waals surface area contributed by atoms with E-state index in [2.05, 4.69) is 26.6 Å².